The van der Waals surface area contributed by atoms with Gasteiger partial charge in [0.2, 0.25) is 5.91 Å². The van der Waals surface area contributed by atoms with Crippen molar-refractivity contribution in [3.63, 3.8) is 0 Å². The van der Waals surface area contributed by atoms with Crippen molar-refractivity contribution in [1.82, 2.24) is 10.3 Å². The van der Waals surface area contributed by atoms with E-state index in [4.69, 9.17) is 10.5 Å². The molecule has 0 unspecified atom stereocenters. The van der Waals surface area contributed by atoms with Gasteiger partial charge in [-0.2, -0.15) is 13.2 Å². The maximum atomic E-state index is 13.5. The number of carbonyl (C=O) groups is 2. The lowest BCUT2D eigenvalue weighted by Crippen LogP contribution is -2.39. The van der Waals surface area contributed by atoms with Gasteiger partial charge in [0.25, 0.3) is 5.56 Å². The van der Waals surface area contributed by atoms with Crippen molar-refractivity contribution in [2.24, 2.45) is 11.7 Å². The topological polar surface area (TPSA) is 114 Å². The molecule has 7 nitrogen and oxygen atoms in total. The van der Waals surface area contributed by atoms with Crippen LogP contribution in [0.25, 0.3) is 22.0 Å². The summed E-state index contributed by atoms with van der Waals surface area (Å²) in [5, 5.41) is 3.49. The van der Waals surface area contributed by atoms with Gasteiger partial charge < -0.3 is 20.8 Å². The number of esters is 1. The number of fused-ring (bicyclic) bond motifs is 1. The molecule has 0 saturated carbocycles. The lowest BCUT2D eigenvalue weighted by Gasteiger charge is -2.16. The monoisotopic (exact) mass is 537 g/mol. The maximum Gasteiger partial charge on any atom is 0.417 e. The van der Waals surface area contributed by atoms with Crippen molar-refractivity contribution >= 4 is 35.1 Å². The Morgan fingerprint density at radius 1 is 1.14 bits per heavy atom. The molecule has 3 atom stereocenters. The summed E-state index contributed by atoms with van der Waals surface area (Å²) in [7, 11) is 0. The molecule has 0 spiro atoms. The number of hydrogen-bond acceptors (Lipinski definition) is 5. The molecule has 2 aromatic carbocycles. The first-order valence-electron chi connectivity index (χ1n) is 11.5. The van der Waals surface area contributed by atoms with Gasteiger partial charge in [0.15, 0.2) is 0 Å². The number of benzene rings is 2. The van der Waals surface area contributed by atoms with E-state index < -0.39 is 41.3 Å². The van der Waals surface area contributed by atoms with Crippen molar-refractivity contribution in [3.05, 3.63) is 70.0 Å². The highest BCUT2D eigenvalue weighted by Gasteiger charge is 2.35. The van der Waals surface area contributed by atoms with Crippen LogP contribution in [0.15, 0.2) is 53.3 Å². The zero-order chi connectivity index (χ0) is 26.2. The van der Waals surface area contributed by atoms with Crippen LogP contribution in [0.5, 0.6) is 0 Å². The summed E-state index contributed by atoms with van der Waals surface area (Å²) in [6.07, 6.45) is -4.23. The van der Waals surface area contributed by atoms with E-state index >= 15 is 0 Å². The second-order valence-electron chi connectivity index (χ2n) is 9.30. The molecule has 37 heavy (non-hydrogen) atoms. The van der Waals surface area contributed by atoms with Gasteiger partial charge >= 0.3 is 12.1 Å². The summed E-state index contributed by atoms with van der Waals surface area (Å²) in [6.45, 7) is 3.59. The molecule has 2 heterocycles. The number of nitrogens with two attached hydrogens (primary N) is 1. The fourth-order valence-corrected chi connectivity index (χ4v) is 4.31. The molecule has 0 radical (unpaired) electrons. The van der Waals surface area contributed by atoms with E-state index in [0.717, 1.165) is 6.07 Å². The zero-order valence-corrected chi connectivity index (χ0v) is 20.9. The average Bonchev–Trinajstić information content (AvgIpc) is 3.21. The Labute approximate surface area is 217 Å². The predicted octanol–water partition coefficient (Wildman–Crippen LogP) is 4.13. The molecule has 3 aromatic rings. The van der Waals surface area contributed by atoms with Crippen LogP contribution in [0.2, 0.25) is 0 Å². The molecule has 11 heteroatoms. The molecule has 1 aromatic heterocycles. The average molecular weight is 538 g/mol. The summed E-state index contributed by atoms with van der Waals surface area (Å²) in [5.41, 5.74) is 4.88. The smallest absolute Gasteiger partial charge is 0.417 e. The Balaban J connectivity index is 0.00000380. The molecule has 1 aliphatic heterocycles. The summed E-state index contributed by atoms with van der Waals surface area (Å²) in [4.78, 5) is 40.0. The maximum absolute atomic E-state index is 13.5. The highest BCUT2D eigenvalue weighted by Crippen LogP contribution is 2.37. The highest BCUT2D eigenvalue weighted by atomic mass is 35.5. The lowest BCUT2D eigenvalue weighted by molar-refractivity contribution is -0.147. The van der Waals surface area contributed by atoms with E-state index in [1.54, 1.807) is 32.0 Å². The first-order chi connectivity index (χ1) is 17.0. The number of rotatable bonds is 6. The van der Waals surface area contributed by atoms with Crippen LogP contribution < -0.4 is 16.6 Å². The van der Waals surface area contributed by atoms with Gasteiger partial charge in [-0.3, -0.25) is 14.4 Å². The third kappa shape index (κ3) is 5.97. The standard InChI is InChI=1S/C26H26F3N3O4.ClH/c1-13(2)22(30)25(35)36-12-16-11-19(23(33)31-16)14-7-8-15-10-21(32-24(34)18(15)9-14)17-5-3-4-6-20(17)26(27,28)29;/h3-10,13,16,19,22H,11-12,30H2,1-2H3,(H,31,33)(H,32,34);1H/t16-,19-,22+;/m1./s1. The van der Waals surface area contributed by atoms with E-state index in [9.17, 15) is 27.6 Å². The molecule has 1 aliphatic rings. The van der Waals surface area contributed by atoms with Gasteiger partial charge in [0.05, 0.1) is 17.5 Å². The Bertz CT molecular complexity index is 1370. The number of aromatic nitrogens is 1. The van der Waals surface area contributed by atoms with Crippen molar-refractivity contribution in [2.45, 2.75) is 44.4 Å². The Morgan fingerprint density at radius 2 is 1.84 bits per heavy atom. The van der Waals surface area contributed by atoms with Gasteiger partial charge in [-0.1, -0.05) is 44.2 Å². The number of halogens is 4. The van der Waals surface area contributed by atoms with Crippen LogP contribution >= 0.6 is 12.4 Å². The van der Waals surface area contributed by atoms with E-state index in [1.807, 2.05) is 0 Å². The predicted molar refractivity (Wildman–Crippen MR) is 135 cm³/mol. The molecule has 0 bridgehead atoms. The molecule has 4 N–H and O–H groups in total. The fraction of sp³-hybridized carbons (Fsp3) is 0.346. The minimum atomic E-state index is -4.58. The van der Waals surface area contributed by atoms with Crippen LogP contribution in [0.1, 0.15) is 37.3 Å². The Hall–Kier alpha value is -3.37. The third-order valence-electron chi connectivity index (χ3n) is 6.40. The summed E-state index contributed by atoms with van der Waals surface area (Å²) in [5.74, 6) is -1.46. The van der Waals surface area contributed by atoms with Gasteiger partial charge in [0, 0.05) is 16.6 Å². The number of amides is 1. The van der Waals surface area contributed by atoms with Gasteiger partial charge in [-0.25, -0.2) is 0 Å². The van der Waals surface area contributed by atoms with E-state index in [2.05, 4.69) is 10.3 Å². The van der Waals surface area contributed by atoms with Crippen LogP contribution in [-0.2, 0) is 20.5 Å². The zero-order valence-electron chi connectivity index (χ0n) is 20.1. The van der Waals surface area contributed by atoms with Crippen molar-refractivity contribution in [1.29, 1.82) is 0 Å². The van der Waals surface area contributed by atoms with E-state index in [-0.39, 0.29) is 47.5 Å². The first kappa shape index (κ1) is 28.2. The summed E-state index contributed by atoms with van der Waals surface area (Å²) in [6, 6.07) is 10.2. The van der Waals surface area contributed by atoms with Gasteiger partial charge in [0.1, 0.15) is 12.6 Å². The Kier molecular flexibility index (Phi) is 8.34. The minimum Gasteiger partial charge on any atom is -0.462 e. The second-order valence-corrected chi connectivity index (χ2v) is 9.30. The van der Waals surface area contributed by atoms with Crippen LogP contribution in [-0.4, -0.2) is 35.6 Å². The molecule has 1 saturated heterocycles. The third-order valence-corrected chi connectivity index (χ3v) is 6.40. The van der Waals surface area contributed by atoms with Crippen LogP contribution in [0.4, 0.5) is 13.2 Å². The van der Waals surface area contributed by atoms with Crippen LogP contribution in [0, 0.1) is 5.92 Å². The van der Waals surface area contributed by atoms with Gasteiger partial charge in [-0.15, -0.1) is 12.4 Å². The largest absolute Gasteiger partial charge is 0.462 e. The summed E-state index contributed by atoms with van der Waals surface area (Å²) < 4.78 is 45.6. The highest BCUT2D eigenvalue weighted by molar-refractivity contribution is 5.90. The fourth-order valence-electron chi connectivity index (χ4n) is 4.31. The number of aromatic amines is 1. The van der Waals surface area contributed by atoms with E-state index in [1.165, 1.54) is 24.3 Å². The van der Waals surface area contributed by atoms with Crippen molar-refractivity contribution in [2.75, 3.05) is 6.61 Å². The molecular weight excluding hydrogens is 511 g/mol. The lowest BCUT2D eigenvalue weighted by atomic mass is 9.93. The van der Waals surface area contributed by atoms with Gasteiger partial charge in [-0.05, 0) is 41.5 Å². The Morgan fingerprint density at radius 3 is 2.51 bits per heavy atom. The minimum absolute atomic E-state index is 0. The molecule has 1 fully saturated rings. The number of alkyl halides is 3. The number of ether oxygens (including phenoxy) is 1. The molecule has 4 rings (SSSR count). The van der Waals surface area contributed by atoms with Crippen LogP contribution in [0.3, 0.4) is 0 Å². The number of pyridine rings is 1. The van der Waals surface area contributed by atoms with Crippen molar-refractivity contribution in [3.8, 4) is 11.3 Å². The molecule has 0 aliphatic carbocycles. The molecule has 1 amide bonds. The quantitative estimate of drug-likeness (QED) is 0.409. The number of nitrogens with one attached hydrogen (secondary N) is 2. The number of H-pyrrole nitrogens is 1. The van der Waals surface area contributed by atoms with Crippen molar-refractivity contribution < 1.29 is 27.5 Å². The number of hydrogen-bond donors (Lipinski definition) is 3. The first-order valence-corrected chi connectivity index (χ1v) is 11.5. The normalized spacial score (nSPS) is 18.4. The number of carbonyl (C=O) groups excluding carboxylic acids is 2. The molecular formula is C26H27ClF3N3O4. The SMILES string of the molecule is CC(C)[C@H](N)C(=O)OC[C@H]1C[C@H](c2ccc3cc(-c4ccccc4C(F)(F)F)[nH]c(=O)c3c2)C(=O)N1.Cl. The molecule has 198 valence electrons. The summed E-state index contributed by atoms with van der Waals surface area (Å²) >= 11 is 0. The second kappa shape index (κ2) is 10.9. The van der Waals surface area contributed by atoms with E-state index in [0.29, 0.717) is 17.4 Å².